The Balaban J connectivity index is 1.88. The Bertz CT molecular complexity index is 657. The molecule has 8 heteroatoms. The molecule has 0 saturated carbocycles. The van der Waals surface area contributed by atoms with E-state index >= 15 is 0 Å². The van der Waals surface area contributed by atoms with Crippen molar-refractivity contribution in [3.8, 4) is 5.75 Å². The molecule has 1 saturated heterocycles. The van der Waals surface area contributed by atoms with Crippen LogP contribution in [0.1, 0.15) is 25.7 Å². The van der Waals surface area contributed by atoms with Gasteiger partial charge in [0.1, 0.15) is 5.75 Å². The molecular formula is C15H21ClN2O4S. The van der Waals surface area contributed by atoms with E-state index in [0.29, 0.717) is 29.5 Å². The van der Waals surface area contributed by atoms with E-state index in [4.69, 9.17) is 16.3 Å². The second kappa shape index (κ2) is 7.99. The van der Waals surface area contributed by atoms with Crippen LogP contribution in [-0.4, -0.2) is 44.6 Å². The first-order valence-electron chi connectivity index (χ1n) is 7.53. The van der Waals surface area contributed by atoms with Crippen molar-refractivity contribution in [1.29, 1.82) is 0 Å². The molecule has 1 amide bonds. The summed E-state index contributed by atoms with van der Waals surface area (Å²) in [4.78, 5) is 11.9. The zero-order valence-electron chi connectivity index (χ0n) is 13.0. The van der Waals surface area contributed by atoms with Gasteiger partial charge in [-0.25, -0.2) is 12.7 Å². The summed E-state index contributed by atoms with van der Waals surface area (Å²) in [6.45, 7) is 1.11. The van der Waals surface area contributed by atoms with Gasteiger partial charge in [-0.1, -0.05) is 18.0 Å². The summed E-state index contributed by atoms with van der Waals surface area (Å²) >= 11 is 5.99. The highest BCUT2D eigenvalue weighted by atomic mass is 35.5. The maximum absolute atomic E-state index is 12.2. The van der Waals surface area contributed by atoms with Crippen LogP contribution in [0.15, 0.2) is 18.2 Å². The Labute approximate surface area is 141 Å². The lowest BCUT2D eigenvalue weighted by atomic mass is 10.2. The third kappa shape index (κ3) is 5.09. The molecule has 128 valence electrons. The Morgan fingerprint density at radius 3 is 2.61 bits per heavy atom. The molecule has 1 fully saturated rings. The van der Waals surface area contributed by atoms with Gasteiger partial charge in [-0.05, 0) is 31.0 Å². The lowest BCUT2D eigenvalue weighted by Gasteiger charge is -2.25. The van der Waals surface area contributed by atoms with Gasteiger partial charge in [0.05, 0.1) is 17.9 Å². The predicted octanol–water partition coefficient (Wildman–Crippen LogP) is 2.49. The molecule has 1 heterocycles. The third-order valence-corrected chi connectivity index (χ3v) is 5.90. The van der Waals surface area contributed by atoms with Gasteiger partial charge in [-0.15, -0.1) is 0 Å². The van der Waals surface area contributed by atoms with Crippen LogP contribution >= 0.6 is 11.6 Å². The third-order valence-electron chi connectivity index (χ3n) is 3.73. The molecule has 0 aliphatic carbocycles. The quantitative estimate of drug-likeness (QED) is 0.845. The first-order valence-corrected chi connectivity index (χ1v) is 9.52. The van der Waals surface area contributed by atoms with Crippen LogP contribution in [0.25, 0.3) is 0 Å². The number of rotatable bonds is 6. The Kier molecular flexibility index (Phi) is 6.26. The van der Waals surface area contributed by atoms with Crippen LogP contribution in [0.3, 0.4) is 0 Å². The average molecular weight is 361 g/mol. The fourth-order valence-electron chi connectivity index (χ4n) is 2.46. The van der Waals surface area contributed by atoms with E-state index in [1.165, 1.54) is 11.4 Å². The van der Waals surface area contributed by atoms with E-state index in [9.17, 15) is 13.2 Å². The second-order valence-corrected chi connectivity index (χ2v) is 7.92. The van der Waals surface area contributed by atoms with Crippen LogP contribution in [-0.2, 0) is 14.8 Å². The molecule has 0 atom stereocenters. The van der Waals surface area contributed by atoms with Crippen molar-refractivity contribution in [2.24, 2.45) is 0 Å². The Morgan fingerprint density at radius 2 is 2.00 bits per heavy atom. The van der Waals surface area contributed by atoms with Crippen LogP contribution in [0, 0.1) is 0 Å². The largest absolute Gasteiger partial charge is 0.495 e. The first-order chi connectivity index (χ1) is 10.9. The molecule has 0 bridgehead atoms. The number of halogens is 1. The normalized spacial score (nSPS) is 16.1. The summed E-state index contributed by atoms with van der Waals surface area (Å²) in [5.41, 5.74) is 0.510. The second-order valence-electron chi connectivity index (χ2n) is 5.42. The lowest BCUT2D eigenvalue weighted by Crippen LogP contribution is -2.37. The van der Waals surface area contributed by atoms with E-state index in [-0.39, 0.29) is 18.1 Å². The highest BCUT2D eigenvalue weighted by molar-refractivity contribution is 7.89. The molecule has 1 aromatic rings. The van der Waals surface area contributed by atoms with Gasteiger partial charge in [0.2, 0.25) is 15.9 Å². The van der Waals surface area contributed by atoms with Gasteiger partial charge in [0.15, 0.2) is 0 Å². The van der Waals surface area contributed by atoms with Gasteiger partial charge in [-0.3, -0.25) is 4.79 Å². The number of nitrogens with one attached hydrogen (secondary N) is 1. The number of hydrogen-bond donors (Lipinski definition) is 1. The Hall–Kier alpha value is -1.31. The summed E-state index contributed by atoms with van der Waals surface area (Å²) in [7, 11) is -1.86. The van der Waals surface area contributed by atoms with E-state index in [1.807, 2.05) is 0 Å². The van der Waals surface area contributed by atoms with Crippen molar-refractivity contribution in [3.63, 3.8) is 0 Å². The number of amides is 1. The molecule has 1 aliphatic rings. The Morgan fingerprint density at radius 1 is 1.30 bits per heavy atom. The standard InChI is InChI=1S/C15H21ClN2O4S/c1-22-14-6-5-12(11-13(14)16)17-15(19)7-10-23(20,21)18-8-3-2-4-9-18/h5-6,11H,2-4,7-10H2,1H3,(H,17,19). The molecule has 0 unspecified atom stereocenters. The van der Waals surface area contributed by atoms with Gasteiger partial charge >= 0.3 is 0 Å². The molecule has 2 rings (SSSR count). The van der Waals surface area contributed by atoms with Crippen molar-refractivity contribution >= 4 is 33.2 Å². The van der Waals surface area contributed by atoms with Crippen molar-refractivity contribution in [2.45, 2.75) is 25.7 Å². The molecule has 0 spiro atoms. The number of carbonyl (C=O) groups is 1. The number of ether oxygens (including phenoxy) is 1. The summed E-state index contributed by atoms with van der Waals surface area (Å²) in [5, 5.41) is 3.03. The highest BCUT2D eigenvalue weighted by Crippen LogP contribution is 2.27. The number of piperidine rings is 1. The van der Waals surface area contributed by atoms with Gasteiger partial charge < -0.3 is 10.1 Å². The van der Waals surface area contributed by atoms with Gasteiger partial charge in [0.25, 0.3) is 0 Å². The topological polar surface area (TPSA) is 75.7 Å². The zero-order chi connectivity index (χ0) is 16.9. The predicted molar refractivity (Wildman–Crippen MR) is 90.5 cm³/mol. The average Bonchev–Trinajstić information content (AvgIpc) is 2.54. The van der Waals surface area contributed by atoms with E-state index in [1.54, 1.807) is 18.2 Å². The summed E-state index contributed by atoms with van der Waals surface area (Å²) in [6.07, 6.45) is 2.75. The van der Waals surface area contributed by atoms with Crippen molar-refractivity contribution < 1.29 is 17.9 Å². The number of sulfonamides is 1. The molecule has 0 radical (unpaired) electrons. The molecule has 6 nitrogen and oxygen atoms in total. The monoisotopic (exact) mass is 360 g/mol. The SMILES string of the molecule is COc1ccc(NC(=O)CCS(=O)(=O)N2CCCCC2)cc1Cl. The number of methoxy groups -OCH3 is 1. The van der Waals surface area contributed by atoms with Crippen molar-refractivity contribution in [3.05, 3.63) is 23.2 Å². The van der Waals surface area contributed by atoms with E-state index in [0.717, 1.165) is 19.3 Å². The maximum Gasteiger partial charge on any atom is 0.225 e. The minimum absolute atomic E-state index is 0.0809. The fourth-order valence-corrected chi connectivity index (χ4v) is 4.24. The fraction of sp³-hybridized carbons (Fsp3) is 0.533. The first kappa shape index (κ1) is 18.0. The smallest absolute Gasteiger partial charge is 0.225 e. The van der Waals surface area contributed by atoms with Crippen LogP contribution in [0.4, 0.5) is 5.69 Å². The number of carbonyl (C=O) groups excluding carboxylic acids is 1. The van der Waals surface area contributed by atoms with E-state index in [2.05, 4.69) is 5.32 Å². The summed E-state index contributed by atoms with van der Waals surface area (Å²) in [5.74, 6) is -0.0212. The number of nitrogens with zero attached hydrogens (tertiary/aromatic N) is 1. The van der Waals surface area contributed by atoms with Crippen LogP contribution in [0.5, 0.6) is 5.75 Å². The van der Waals surface area contributed by atoms with E-state index < -0.39 is 10.0 Å². The molecule has 23 heavy (non-hydrogen) atoms. The number of hydrogen-bond acceptors (Lipinski definition) is 4. The molecule has 1 N–H and O–H groups in total. The minimum atomic E-state index is -3.36. The summed E-state index contributed by atoms with van der Waals surface area (Å²) < 4.78 is 30.9. The number of anilines is 1. The van der Waals surface area contributed by atoms with Gasteiger partial charge in [-0.2, -0.15) is 0 Å². The highest BCUT2D eigenvalue weighted by Gasteiger charge is 2.24. The van der Waals surface area contributed by atoms with Crippen LogP contribution in [0.2, 0.25) is 5.02 Å². The molecule has 0 aromatic heterocycles. The maximum atomic E-state index is 12.2. The lowest BCUT2D eigenvalue weighted by molar-refractivity contribution is -0.115. The van der Waals surface area contributed by atoms with Crippen LogP contribution < -0.4 is 10.1 Å². The molecular weight excluding hydrogens is 340 g/mol. The summed E-state index contributed by atoms with van der Waals surface area (Å²) in [6, 6.07) is 4.86. The minimum Gasteiger partial charge on any atom is -0.495 e. The zero-order valence-corrected chi connectivity index (χ0v) is 14.6. The van der Waals surface area contributed by atoms with Crippen molar-refractivity contribution in [1.82, 2.24) is 4.31 Å². The van der Waals surface area contributed by atoms with Gasteiger partial charge in [0, 0.05) is 25.2 Å². The molecule has 1 aromatic carbocycles. The number of benzene rings is 1. The van der Waals surface area contributed by atoms with Crippen molar-refractivity contribution in [2.75, 3.05) is 31.3 Å². The molecule has 1 aliphatic heterocycles.